The SMILES string of the molecule is CCNC(=NCC(C)(C)S(C)(=O)=O)NCC(C)c1cccc(C)c1.I. The van der Waals surface area contributed by atoms with E-state index in [1.165, 1.54) is 17.4 Å². The Morgan fingerprint density at radius 1 is 1.28 bits per heavy atom. The van der Waals surface area contributed by atoms with Gasteiger partial charge < -0.3 is 10.6 Å². The second kappa shape index (κ2) is 10.4. The molecule has 0 aliphatic rings. The topological polar surface area (TPSA) is 70.6 Å². The summed E-state index contributed by atoms with van der Waals surface area (Å²) in [6, 6.07) is 8.46. The van der Waals surface area contributed by atoms with Gasteiger partial charge in [0.05, 0.1) is 11.3 Å². The molecule has 0 amide bonds. The number of aryl methyl sites for hydroxylation is 1. The summed E-state index contributed by atoms with van der Waals surface area (Å²) in [7, 11) is -3.15. The van der Waals surface area contributed by atoms with E-state index >= 15 is 0 Å². The average molecular weight is 481 g/mol. The first-order valence-corrected chi connectivity index (χ1v) is 10.2. The minimum absolute atomic E-state index is 0. The third-order valence-corrected chi connectivity index (χ3v) is 6.29. The number of halogens is 1. The van der Waals surface area contributed by atoms with Crippen LogP contribution in [0.15, 0.2) is 29.3 Å². The van der Waals surface area contributed by atoms with E-state index in [0.29, 0.717) is 11.9 Å². The van der Waals surface area contributed by atoms with Crippen molar-refractivity contribution in [2.75, 3.05) is 25.9 Å². The molecule has 0 bridgehead atoms. The van der Waals surface area contributed by atoms with Crippen molar-refractivity contribution in [3.8, 4) is 0 Å². The van der Waals surface area contributed by atoms with Crippen LogP contribution in [0.5, 0.6) is 0 Å². The zero-order valence-electron chi connectivity index (χ0n) is 16.1. The van der Waals surface area contributed by atoms with Gasteiger partial charge in [-0.2, -0.15) is 0 Å². The van der Waals surface area contributed by atoms with E-state index in [2.05, 4.69) is 53.7 Å². The Morgan fingerprint density at radius 3 is 2.44 bits per heavy atom. The van der Waals surface area contributed by atoms with Gasteiger partial charge in [-0.05, 0) is 39.2 Å². The van der Waals surface area contributed by atoms with E-state index in [1.807, 2.05) is 6.92 Å². The van der Waals surface area contributed by atoms with Gasteiger partial charge in [0.15, 0.2) is 15.8 Å². The minimum Gasteiger partial charge on any atom is -0.357 e. The predicted octanol–water partition coefficient (Wildman–Crippen LogP) is 3.09. The van der Waals surface area contributed by atoms with E-state index in [9.17, 15) is 8.42 Å². The summed E-state index contributed by atoms with van der Waals surface area (Å²) in [4.78, 5) is 4.45. The Kier molecular flexibility index (Phi) is 10.0. The van der Waals surface area contributed by atoms with Crippen LogP contribution in [-0.4, -0.2) is 45.0 Å². The number of rotatable bonds is 7. The van der Waals surface area contributed by atoms with Gasteiger partial charge in [0.2, 0.25) is 0 Å². The third-order valence-electron chi connectivity index (χ3n) is 4.15. The molecule has 0 heterocycles. The fourth-order valence-electron chi connectivity index (χ4n) is 2.07. The molecule has 0 aromatic heterocycles. The van der Waals surface area contributed by atoms with Gasteiger partial charge in [-0.25, -0.2) is 8.42 Å². The van der Waals surface area contributed by atoms with E-state index in [-0.39, 0.29) is 30.5 Å². The number of sulfone groups is 1. The molecule has 1 aromatic carbocycles. The second-order valence-electron chi connectivity index (χ2n) is 6.92. The molecule has 7 heteroatoms. The van der Waals surface area contributed by atoms with Crippen LogP contribution in [0.3, 0.4) is 0 Å². The van der Waals surface area contributed by atoms with Crippen LogP contribution >= 0.6 is 24.0 Å². The van der Waals surface area contributed by atoms with Crippen molar-refractivity contribution in [2.45, 2.75) is 45.3 Å². The molecule has 0 saturated heterocycles. The van der Waals surface area contributed by atoms with Gasteiger partial charge in [-0.3, -0.25) is 4.99 Å². The summed E-state index contributed by atoms with van der Waals surface area (Å²) in [5.41, 5.74) is 2.52. The number of nitrogens with one attached hydrogen (secondary N) is 2. The van der Waals surface area contributed by atoms with E-state index in [1.54, 1.807) is 13.8 Å². The molecule has 0 aliphatic carbocycles. The van der Waals surface area contributed by atoms with Crippen LogP contribution in [0.2, 0.25) is 0 Å². The summed E-state index contributed by atoms with van der Waals surface area (Å²) in [6.45, 7) is 11.3. The van der Waals surface area contributed by atoms with Crippen molar-refractivity contribution >= 4 is 39.8 Å². The maximum absolute atomic E-state index is 11.8. The largest absolute Gasteiger partial charge is 0.357 e. The summed E-state index contributed by atoms with van der Waals surface area (Å²) in [5, 5.41) is 6.48. The zero-order valence-corrected chi connectivity index (χ0v) is 19.2. The molecule has 0 radical (unpaired) electrons. The molecule has 0 fully saturated rings. The fourth-order valence-corrected chi connectivity index (χ4v) is 2.37. The number of nitrogens with zero attached hydrogens (tertiary/aromatic N) is 1. The first-order valence-electron chi connectivity index (χ1n) is 8.35. The molecule has 1 unspecified atom stereocenters. The number of guanidine groups is 1. The van der Waals surface area contributed by atoms with Crippen LogP contribution < -0.4 is 10.6 Å². The summed E-state index contributed by atoms with van der Waals surface area (Å²) in [6.07, 6.45) is 1.25. The molecule has 144 valence electrons. The molecular formula is C18H32IN3O2S. The van der Waals surface area contributed by atoms with E-state index in [0.717, 1.165) is 13.1 Å². The summed E-state index contributed by atoms with van der Waals surface area (Å²) in [5.74, 6) is 0.977. The van der Waals surface area contributed by atoms with Crippen molar-refractivity contribution in [1.29, 1.82) is 0 Å². The Bertz CT molecular complexity index is 673. The molecule has 0 spiro atoms. The van der Waals surface area contributed by atoms with Crippen molar-refractivity contribution < 1.29 is 8.42 Å². The number of aliphatic imine (C=N–C) groups is 1. The van der Waals surface area contributed by atoms with E-state index < -0.39 is 14.6 Å². The first kappa shape index (κ1) is 24.2. The Hall–Kier alpha value is -0.830. The molecule has 0 aliphatic heterocycles. The fraction of sp³-hybridized carbons (Fsp3) is 0.611. The number of hydrogen-bond donors (Lipinski definition) is 2. The quantitative estimate of drug-likeness (QED) is 0.357. The molecule has 5 nitrogen and oxygen atoms in total. The lowest BCUT2D eigenvalue weighted by Crippen LogP contribution is -2.41. The van der Waals surface area contributed by atoms with Crippen LogP contribution in [0, 0.1) is 6.92 Å². The smallest absolute Gasteiger partial charge is 0.191 e. The highest BCUT2D eigenvalue weighted by atomic mass is 127. The second-order valence-corrected chi connectivity index (χ2v) is 9.57. The highest BCUT2D eigenvalue weighted by Gasteiger charge is 2.29. The summed E-state index contributed by atoms with van der Waals surface area (Å²) >= 11 is 0. The van der Waals surface area contributed by atoms with Crippen molar-refractivity contribution in [3.63, 3.8) is 0 Å². The Labute approximate surface area is 170 Å². The molecular weight excluding hydrogens is 449 g/mol. The number of hydrogen-bond acceptors (Lipinski definition) is 3. The highest BCUT2D eigenvalue weighted by Crippen LogP contribution is 2.16. The van der Waals surface area contributed by atoms with Crippen LogP contribution in [0.25, 0.3) is 0 Å². The van der Waals surface area contributed by atoms with Crippen LogP contribution in [0.4, 0.5) is 0 Å². The van der Waals surface area contributed by atoms with E-state index in [4.69, 9.17) is 0 Å². The van der Waals surface area contributed by atoms with Crippen molar-refractivity contribution in [2.24, 2.45) is 4.99 Å². The first-order chi connectivity index (χ1) is 11.1. The monoisotopic (exact) mass is 481 g/mol. The highest BCUT2D eigenvalue weighted by molar-refractivity contribution is 14.0. The maximum Gasteiger partial charge on any atom is 0.191 e. The number of benzene rings is 1. The maximum atomic E-state index is 11.8. The average Bonchev–Trinajstić information content (AvgIpc) is 2.48. The predicted molar refractivity (Wildman–Crippen MR) is 118 cm³/mol. The van der Waals surface area contributed by atoms with Gasteiger partial charge in [0, 0.05) is 19.3 Å². The van der Waals surface area contributed by atoms with Gasteiger partial charge in [0.1, 0.15) is 0 Å². The molecule has 1 aromatic rings. The Morgan fingerprint density at radius 2 is 1.92 bits per heavy atom. The van der Waals surface area contributed by atoms with Crippen molar-refractivity contribution in [3.05, 3.63) is 35.4 Å². The zero-order chi connectivity index (χ0) is 18.4. The summed E-state index contributed by atoms with van der Waals surface area (Å²) < 4.78 is 22.7. The van der Waals surface area contributed by atoms with Crippen molar-refractivity contribution in [1.82, 2.24) is 10.6 Å². The molecule has 1 atom stereocenters. The van der Waals surface area contributed by atoms with Crippen LogP contribution in [0.1, 0.15) is 44.7 Å². The lowest BCUT2D eigenvalue weighted by molar-refractivity contribution is 0.554. The lowest BCUT2D eigenvalue weighted by atomic mass is 9.99. The normalized spacial score (nSPS) is 13.8. The standard InChI is InChI=1S/C18H31N3O2S.HI/c1-7-19-17(21-13-18(4,5)24(6,22)23)20-12-15(3)16-10-8-9-14(2)11-16;/h8-11,15H,7,12-13H2,1-6H3,(H2,19,20,21);1H. The Balaban J connectivity index is 0.00000576. The minimum atomic E-state index is -3.15. The lowest BCUT2D eigenvalue weighted by Gasteiger charge is -2.21. The molecule has 1 rings (SSSR count). The third kappa shape index (κ3) is 7.94. The van der Waals surface area contributed by atoms with Crippen LogP contribution in [-0.2, 0) is 9.84 Å². The molecule has 25 heavy (non-hydrogen) atoms. The van der Waals surface area contributed by atoms with Gasteiger partial charge in [-0.1, -0.05) is 36.8 Å². The van der Waals surface area contributed by atoms with Gasteiger partial charge >= 0.3 is 0 Å². The van der Waals surface area contributed by atoms with Gasteiger partial charge in [-0.15, -0.1) is 24.0 Å². The van der Waals surface area contributed by atoms with Gasteiger partial charge in [0.25, 0.3) is 0 Å². The molecule has 0 saturated carbocycles. The molecule has 2 N–H and O–H groups in total.